The Labute approximate surface area is 106 Å². The van der Waals surface area contributed by atoms with Gasteiger partial charge < -0.3 is 9.52 Å². The summed E-state index contributed by atoms with van der Waals surface area (Å²) in [7, 11) is 0. The lowest BCUT2D eigenvalue weighted by molar-refractivity contribution is 0.187. The van der Waals surface area contributed by atoms with Gasteiger partial charge in [0.15, 0.2) is 0 Å². The van der Waals surface area contributed by atoms with E-state index >= 15 is 0 Å². The highest BCUT2D eigenvalue weighted by molar-refractivity contribution is 6.30. The van der Waals surface area contributed by atoms with Crippen molar-refractivity contribution in [1.29, 1.82) is 0 Å². The van der Waals surface area contributed by atoms with E-state index in [-0.39, 0.29) is 6.10 Å². The Bertz CT molecular complexity index is 515. The van der Waals surface area contributed by atoms with Crippen LogP contribution in [0, 0.1) is 6.92 Å². The van der Waals surface area contributed by atoms with Crippen molar-refractivity contribution in [2.45, 2.75) is 26.4 Å². The van der Waals surface area contributed by atoms with Crippen molar-refractivity contribution in [2.24, 2.45) is 0 Å². The third-order valence-corrected chi connectivity index (χ3v) is 2.85. The van der Waals surface area contributed by atoms with Gasteiger partial charge in [0.2, 0.25) is 0 Å². The van der Waals surface area contributed by atoms with Crippen LogP contribution in [0.15, 0.2) is 34.7 Å². The molecule has 0 fully saturated rings. The fraction of sp³-hybridized carbons (Fsp3) is 0.286. The molecule has 3 heteroatoms. The number of halogens is 1. The van der Waals surface area contributed by atoms with Crippen molar-refractivity contribution in [3.05, 3.63) is 46.7 Å². The second-order valence-corrected chi connectivity index (χ2v) is 4.71. The molecule has 90 valence electrons. The van der Waals surface area contributed by atoms with Crippen LogP contribution in [0.5, 0.6) is 0 Å². The fourth-order valence-corrected chi connectivity index (χ4v) is 2.05. The van der Waals surface area contributed by atoms with E-state index in [0.29, 0.717) is 6.42 Å². The van der Waals surface area contributed by atoms with Gasteiger partial charge in [-0.25, -0.2) is 0 Å². The van der Waals surface area contributed by atoms with Gasteiger partial charge in [-0.05, 0) is 49.7 Å². The SMILES string of the molecule is Cc1cc(Cl)ccc1-c1ccc(CC(C)O)o1. The molecule has 17 heavy (non-hydrogen) atoms. The van der Waals surface area contributed by atoms with Crippen molar-refractivity contribution in [1.82, 2.24) is 0 Å². The van der Waals surface area contributed by atoms with Crippen LogP contribution in [-0.2, 0) is 6.42 Å². The van der Waals surface area contributed by atoms with Crippen LogP contribution in [0.2, 0.25) is 5.02 Å². The zero-order valence-corrected chi connectivity index (χ0v) is 10.7. The Hall–Kier alpha value is -1.25. The van der Waals surface area contributed by atoms with Gasteiger partial charge in [-0.15, -0.1) is 0 Å². The summed E-state index contributed by atoms with van der Waals surface area (Å²) in [5.41, 5.74) is 2.11. The first-order valence-electron chi connectivity index (χ1n) is 5.59. The summed E-state index contributed by atoms with van der Waals surface area (Å²) in [5, 5.41) is 10.0. The Morgan fingerprint density at radius 3 is 2.71 bits per heavy atom. The van der Waals surface area contributed by atoms with Gasteiger partial charge in [0, 0.05) is 17.0 Å². The number of aryl methyl sites for hydroxylation is 1. The predicted octanol–water partition coefficient (Wildman–Crippen LogP) is 3.83. The molecule has 0 aliphatic heterocycles. The zero-order chi connectivity index (χ0) is 12.4. The Morgan fingerprint density at radius 1 is 1.29 bits per heavy atom. The minimum Gasteiger partial charge on any atom is -0.461 e. The van der Waals surface area contributed by atoms with Crippen molar-refractivity contribution >= 4 is 11.6 Å². The van der Waals surface area contributed by atoms with Gasteiger partial charge in [0.05, 0.1) is 6.10 Å². The van der Waals surface area contributed by atoms with Crippen LogP contribution in [0.1, 0.15) is 18.2 Å². The second kappa shape index (κ2) is 4.94. The van der Waals surface area contributed by atoms with Gasteiger partial charge in [-0.2, -0.15) is 0 Å². The molecule has 2 rings (SSSR count). The highest BCUT2D eigenvalue weighted by Gasteiger charge is 2.09. The summed E-state index contributed by atoms with van der Waals surface area (Å²) in [5.74, 6) is 1.61. The van der Waals surface area contributed by atoms with Crippen molar-refractivity contribution < 1.29 is 9.52 Å². The van der Waals surface area contributed by atoms with E-state index in [9.17, 15) is 5.11 Å². The van der Waals surface area contributed by atoms with Gasteiger partial charge in [0.1, 0.15) is 11.5 Å². The third kappa shape index (κ3) is 2.90. The molecule has 0 radical (unpaired) electrons. The number of furan rings is 1. The summed E-state index contributed by atoms with van der Waals surface area (Å²) in [4.78, 5) is 0. The summed E-state index contributed by atoms with van der Waals surface area (Å²) in [6.45, 7) is 3.74. The molecule has 0 spiro atoms. The molecule has 0 amide bonds. The molecular formula is C14H15ClO2. The van der Waals surface area contributed by atoms with Gasteiger partial charge in [-0.1, -0.05) is 11.6 Å². The van der Waals surface area contributed by atoms with E-state index in [2.05, 4.69) is 0 Å². The number of aliphatic hydroxyl groups is 1. The van der Waals surface area contributed by atoms with Crippen LogP contribution in [0.4, 0.5) is 0 Å². The van der Waals surface area contributed by atoms with E-state index in [1.165, 1.54) is 0 Å². The summed E-state index contributed by atoms with van der Waals surface area (Å²) >= 11 is 5.91. The van der Waals surface area contributed by atoms with E-state index < -0.39 is 0 Å². The standard InChI is InChI=1S/C14H15ClO2/c1-9-7-11(15)3-5-13(9)14-6-4-12(17-14)8-10(2)16/h3-7,10,16H,8H2,1-2H3. The lowest BCUT2D eigenvalue weighted by Gasteiger charge is -2.03. The summed E-state index contributed by atoms with van der Waals surface area (Å²) in [6.07, 6.45) is 0.146. The molecule has 2 aromatic rings. The van der Waals surface area contributed by atoms with Crippen LogP contribution >= 0.6 is 11.6 Å². The average Bonchev–Trinajstić information content (AvgIpc) is 2.65. The Morgan fingerprint density at radius 2 is 2.06 bits per heavy atom. The average molecular weight is 251 g/mol. The maximum absolute atomic E-state index is 9.30. The number of rotatable bonds is 3. The fourth-order valence-electron chi connectivity index (χ4n) is 1.83. The van der Waals surface area contributed by atoms with Gasteiger partial charge in [-0.3, -0.25) is 0 Å². The van der Waals surface area contributed by atoms with Crippen molar-refractivity contribution in [3.8, 4) is 11.3 Å². The second-order valence-electron chi connectivity index (χ2n) is 4.28. The first-order valence-corrected chi connectivity index (χ1v) is 5.97. The molecule has 0 saturated carbocycles. The molecule has 2 nitrogen and oxygen atoms in total. The maximum Gasteiger partial charge on any atom is 0.134 e. The van der Waals surface area contributed by atoms with Crippen LogP contribution < -0.4 is 0 Å². The van der Waals surface area contributed by atoms with E-state index in [1.54, 1.807) is 6.92 Å². The molecule has 0 aliphatic rings. The molecule has 1 atom stereocenters. The number of hydrogen-bond acceptors (Lipinski definition) is 2. The Kier molecular flexibility index (Phi) is 3.55. The van der Waals surface area contributed by atoms with Gasteiger partial charge >= 0.3 is 0 Å². The normalized spacial score (nSPS) is 12.7. The van der Waals surface area contributed by atoms with Crippen molar-refractivity contribution in [2.75, 3.05) is 0 Å². The third-order valence-electron chi connectivity index (χ3n) is 2.61. The molecule has 1 heterocycles. The molecule has 1 N–H and O–H groups in total. The minimum atomic E-state index is -0.389. The largest absolute Gasteiger partial charge is 0.461 e. The predicted molar refractivity (Wildman–Crippen MR) is 69.3 cm³/mol. The first-order chi connectivity index (χ1) is 8.06. The van der Waals surface area contributed by atoms with E-state index in [1.807, 2.05) is 37.3 Å². The van der Waals surface area contributed by atoms with Crippen LogP contribution in [-0.4, -0.2) is 11.2 Å². The molecule has 0 saturated heterocycles. The quantitative estimate of drug-likeness (QED) is 0.898. The maximum atomic E-state index is 9.30. The topological polar surface area (TPSA) is 33.4 Å². The molecular weight excluding hydrogens is 236 g/mol. The number of hydrogen-bond donors (Lipinski definition) is 1. The highest BCUT2D eigenvalue weighted by Crippen LogP contribution is 2.27. The van der Waals surface area contributed by atoms with Crippen molar-refractivity contribution in [3.63, 3.8) is 0 Å². The lowest BCUT2D eigenvalue weighted by Crippen LogP contribution is -2.02. The van der Waals surface area contributed by atoms with E-state index in [4.69, 9.17) is 16.0 Å². The monoisotopic (exact) mass is 250 g/mol. The van der Waals surface area contributed by atoms with Crippen LogP contribution in [0.25, 0.3) is 11.3 Å². The van der Waals surface area contributed by atoms with Crippen LogP contribution in [0.3, 0.4) is 0 Å². The molecule has 1 aromatic heterocycles. The number of benzene rings is 1. The smallest absolute Gasteiger partial charge is 0.134 e. The highest BCUT2D eigenvalue weighted by atomic mass is 35.5. The molecule has 0 bridgehead atoms. The molecule has 1 unspecified atom stereocenters. The van der Waals surface area contributed by atoms with Gasteiger partial charge in [0.25, 0.3) is 0 Å². The molecule has 1 aromatic carbocycles. The zero-order valence-electron chi connectivity index (χ0n) is 9.90. The van der Waals surface area contributed by atoms with E-state index in [0.717, 1.165) is 27.7 Å². The lowest BCUT2D eigenvalue weighted by atomic mass is 10.1. The first kappa shape index (κ1) is 12.2. The number of aliphatic hydroxyl groups excluding tert-OH is 1. The summed E-state index contributed by atoms with van der Waals surface area (Å²) < 4.78 is 5.70. The summed E-state index contributed by atoms with van der Waals surface area (Å²) in [6, 6.07) is 9.53. The minimum absolute atomic E-state index is 0.389. The molecule has 0 aliphatic carbocycles. The Balaban J connectivity index is 2.30.